The highest BCUT2D eigenvalue weighted by Crippen LogP contribution is 2.20. The highest BCUT2D eigenvalue weighted by atomic mass is 79.9. The standard InChI is InChI=1S/C39H56N3O.BrH/c1-5-9-28-40(29-10-6-2)36-22-16-34(17-23-36)20-26-38-14-13-15-39(42(38)32-33-43)27-21-35-18-24-37(25-19-35)41(30-11-7-3)31-12-8-4;/h13-27,43H,5-12,28-33H2,1-4H3;1H/q+1;/p-1. The average Bonchev–Trinajstić information content (AvgIpc) is 3.04. The first-order chi connectivity index (χ1) is 21.1. The zero-order chi connectivity index (χ0) is 30.7. The van der Waals surface area contributed by atoms with Crippen LogP contribution in [0.3, 0.4) is 0 Å². The van der Waals surface area contributed by atoms with Crippen LogP contribution in [0.2, 0.25) is 0 Å². The molecule has 1 heterocycles. The molecule has 0 bridgehead atoms. The molecule has 0 saturated carbocycles. The fourth-order valence-electron chi connectivity index (χ4n) is 5.32. The molecule has 1 aromatic heterocycles. The zero-order valence-corrected chi connectivity index (χ0v) is 29.3. The summed E-state index contributed by atoms with van der Waals surface area (Å²) < 4.78 is 2.18. The predicted octanol–water partition coefficient (Wildman–Crippen LogP) is 6.12. The Bertz CT molecular complexity index is 1130. The average molecular weight is 663 g/mol. The Kier molecular flexibility index (Phi) is 18.4. The maximum atomic E-state index is 9.87. The van der Waals surface area contributed by atoms with Gasteiger partial charge in [0.25, 0.3) is 0 Å². The summed E-state index contributed by atoms with van der Waals surface area (Å²) in [6.07, 6.45) is 18.4. The number of aliphatic hydroxyl groups is 1. The Balaban J connectivity index is 0.00000675. The van der Waals surface area contributed by atoms with Crippen molar-refractivity contribution in [2.45, 2.75) is 85.6 Å². The van der Waals surface area contributed by atoms with Gasteiger partial charge in [-0.3, -0.25) is 0 Å². The number of hydrogen-bond acceptors (Lipinski definition) is 3. The van der Waals surface area contributed by atoms with E-state index in [1.807, 2.05) is 0 Å². The Morgan fingerprint density at radius 1 is 0.545 bits per heavy atom. The van der Waals surface area contributed by atoms with Gasteiger partial charge in [-0.25, -0.2) is 0 Å². The molecule has 0 spiro atoms. The monoisotopic (exact) mass is 661 g/mol. The Morgan fingerprint density at radius 2 is 0.909 bits per heavy atom. The van der Waals surface area contributed by atoms with Gasteiger partial charge in [-0.2, -0.15) is 4.57 Å². The fraction of sp³-hybridized carbons (Fsp3) is 0.462. The van der Waals surface area contributed by atoms with Crippen molar-refractivity contribution in [2.24, 2.45) is 0 Å². The minimum atomic E-state index is 0. The second kappa shape index (κ2) is 21.8. The minimum absolute atomic E-state index is 0. The lowest BCUT2D eigenvalue weighted by Crippen LogP contribution is -3.00. The Labute approximate surface area is 278 Å². The van der Waals surface area contributed by atoms with E-state index in [1.54, 1.807) is 0 Å². The van der Waals surface area contributed by atoms with Gasteiger partial charge in [0.1, 0.15) is 6.61 Å². The molecule has 0 atom stereocenters. The lowest BCUT2D eigenvalue weighted by Gasteiger charge is -2.24. The van der Waals surface area contributed by atoms with Crippen LogP contribution in [-0.2, 0) is 6.54 Å². The van der Waals surface area contributed by atoms with Gasteiger partial charge < -0.3 is 31.9 Å². The molecule has 0 radical (unpaired) electrons. The molecular formula is C39H56BrN3O. The highest BCUT2D eigenvalue weighted by molar-refractivity contribution is 5.70. The van der Waals surface area contributed by atoms with Crippen LogP contribution in [0.1, 0.15) is 102 Å². The molecule has 0 saturated heterocycles. The third-order valence-electron chi connectivity index (χ3n) is 8.02. The molecule has 3 aromatic rings. The van der Waals surface area contributed by atoms with Crippen molar-refractivity contribution in [3.8, 4) is 0 Å². The van der Waals surface area contributed by atoms with Crippen molar-refractivity contribution in [3.05, 3.63) is 89.2 Å². The minimum Gasteiger partial charge on any atom is -1.00 e. The van der Waals surface area contributed by atoms with Crippen molar-refractivity contribution < 1.29 is 26.7 Å². The lowest BCUT2D eigenvalue weighted by molar-refractivity contribution is -0.701. The van der Waals surface area contributed by atoms with E-state index >= 15 is 0 Å². The van der Waals surface area contributed by atoms with E-state index in [4.69, 9.17) is 0 Å². The number of aromatic nitrogens is 1. The topological polar surface area (TPSA) is 30.6 Å². The van der Waals surface area contributed by atoms with Gasteiger partial charge in [-0.1, -0.05) is 77.6 Å². The number of unbranched alkanes of at least 4 members (excludes halogenated alkanes) is 4. The maximum absolute atomic E-state index is 9.87. The molecule has 0 aliphatic carbocycles. The fourth-order valence-corrected chi connectivity index (χ4v) is 5.32. The molecular weight excluding hydrogens is 606 g/mol. The molecule has 0 aliphatic rings. The van der Waals surface area contributed by atoms with Crippen molar-refractivity contribution in [2.75, 3.05) is 42.6 Å². The SMILES string of the molecule is CCCCN(CCCC)c1ccc(/C=C/c2cccc(/C=C/c3ccc(N(CCCC)CCCC)cc3)[n+]2CCO)cc1.[Br-]. The van der Waals surface area contributed by atoms with E-state index in [0.29, 0.717) is 6.54 Å². The summed E-state index contributed by atoms with van der Waals surface area (Å²) in [5.41, 5.74) is 7.13. The van der Waals surface area contributed by atoms with E-state index in [0.717, 1.165) is 37.6 Å². The van der Waals surface area contributed by atoms with Crippen LogP contribution in [-0.4, -0.2) is 37.9 Å². The van der Waals surface area contributed by atoms with Crippen LogP contribution in [0.5, 0.6) is 0 Å². The summed E-state index contributed by atoms with van der Waals surface area (Å²) in [6.45, 7) is 14.1. The quantitative estimate of drug-likeness (QED) is 0.148. The third kappa shape index (κ3) is 12.2. The Hall–Kier alpha value is -2.89. The molecule has 4 nitrogen and oxygen atoms in total. The molecule has 0 amide bonds. The summed E-state index contributed by atoms with van der Waals surface area (Å²) >= 11 is 0. The molecule has 3 rings (SSSR count). The van der Waals surface area contributed by atoms with Crippen LogP contribution >= 0.6 is 0 Å². The molecule has 1 N–H and O–H groups in total. The van der Waals surface area contributed by atoms with Gasteiger partial charge in [-0.05, 0) is 79.3 Å². The van der Waals surface area contributed by atoms with Gasteiger partial charge in [-0.15, -0.1) is 0 Å². The first-order valence-corrected chi connectivity index (χ1v) is 16.8. The van der Waals surface area contributed by atoms with Gasteiger partial charge in [0.2, 0.25) is 11.4 Å². The summed E-state index contributed by atoms with van der Waals surface area (Å²) in [6, 6.07) is 24.2. The summed E-state index contributed by atoms with van der Waals surface area (Å²) in [4.78, 5) is 5.04. The predicted molar refractivity (Wildman–Crippen MR) is 189 cm³/mol. The van der Waals surface area contributed by atoms with Crippen molar-refractivity contribution >= 4 is 35.7 Å². The second-order valence-corrected chi connectivity index (χ2v) is 11.5. The largest absolute Gasteiger partial charge is 1.00 e. The lowest BCUT2D eigenvalue weighted by atomic mass is 10.1. The van der Waals surface area contributed by atoms with E-state index < -0.39 is 0 Å². The third-order valence-corrected chi connectivity index (χ3v) is 8.02. The molecule has 0 unspecified atom stereocenters. The first kappa shape index (κ1) is 37.3. The molecule has 2 aromatic carbocycles. The van der Waals surface area contributed by atoms with E-state index in [-0.39, 0.29) is 23.6 Å². The summed E-state index contributed by atoms with van der Waals surface area (Å²) in [5, 5.41) is 9.87. The van der Waals surface area contributed by atoms with Crippen molar-refractivity contribution in [1.29, 1.82) is 0 Å². The Morgan fingerprint density at radius 3 is 1.23 bits per heavy atom. The number of hydrogen-bond donors (Lipinski definition) is 1. The number of benzene rings is 2. The van der Waals surface area contributed by atoms with Gasteiger partial charge in [0.15, 0.2) is 6.54 Å². The smallest absolute Gasteiger partial charge is 0.205 e. The molecule has 44 heavy (non-hydrogen) atoms. The van der Waals surface area contributed by atoms with Crippen molar-refractivity contribution in [1.82, 2.24) is 0 Å². The van der Waals surface area contributed by atoms with Crippen LogP contribution < -0.4 is 31.3 Å². The van der Waals surface area contributed by atoms with Gasteiger partial charge >= 0.3 is 0 Å². The number of aliphatic hydroxyl groups excluding tert-OH is 1. The number of pyridine rings is 1. The van der Waals surface area contributed by atoms with E-state index in [1.165, 1.54) is 73.9 Å². The normalized spacial score (nSPS) is 11.3. The molecule has 0 fully saturated rings. The highest BCUT2D eigenvalue weighted by Gasteiger charge is 2.13. The summed E-state index contributed by atoms with van der Waals surface area (Å²) in [7, 11) is 0. The van der Waals surface area contributed by atoms with Crippen LogP contribution in [0.25, 0.3) is 24.3 Å². The van der Waals surface area contributed by atoms with Gasteiger partial charge in [0, 0.05) is 61.8 Å². The van der Waals surface area contributed by atoms with Crippen LogP contribution in [0.4, 0.5) is 11.4 Å². The van der Waals surface area contributed by atoms with Gasteiger partial charge in [0.05, 0.1) is 0 Å². The molecule has 240 valence electrons. The van der Waals surface area contributed by atoms with E-state index in [2.05, 4.69) is 133 Å². The van der Waals surface area contributed by atoms with Crippen LogP contribution in [0, 0.1) is 0 Å². The number of anilines is 2. The summed E-state index contributed by atoms with van der Waals surface area (Å²) in [5.74, 6) is 0. The molecule has 0 aliphatic heterocycles. The number of rotatable bonds is 20. The first-order valence-electron chi connectivity index (χ1n) is 16.8. The number of nitrogens with zero attached hydrogens (tertiary/aromatic N) is 3. The second-order valence-electron chi connectivity index (χ2n) is 11.5. The number of halogens is 1. The van der Waals surface area contributed by atoms with E-state index in [9.17, 15) is 5.11 Å². The molecule has 5 heteroatoms. The maximum Gasteiger partial charge on any atom is 0.205 e. The van der Waals surface area contributed by atoms with Crippen molar-refractivity contribution in [3.63, 3.8) is 0 Å². The zero-order valence-electron chi connectivity index (χ0n) is 27.7. The van der Waals surface area contributed by atoms with Crippen LogP contribution in [0.15, 0.2) is 66.7 Å².